The Bertz CT molecular complexity index is 830. The Hall–Kier alpha value is -2.59. The van der Waals surface area contributed by atoms with Crippen molar-refractivity contribution in [3.8, 4) is 6.07 Å². The van der Waals surface area contributed by atoms with Crippen LogP contribution in [0.5, 0.6) is 0 Å². The second-order valence-electron chi connectivity index (χ2n) is 7.23. The summed E-state index contributed by atoms with van der Waals surface area (Å²) in [6.07, 6.45) is 8.10. The molecule has 1 saturated carbocycles. The molecule has 1 nitrogen and oxygen atoms in total. The van der Waals surface area contributed by atoms with Crippen molar-refractivity contribution in [2.24, 2.45) is 23.7 Å². The Morgan fingerprint density at radius 2 is 1.50 bits per heavy atom. The summed E-state index contributed by atoms with van der Waals surface area (Å²) < 4.78 is 0. The second kappa shape index (κ2) is 4.95. The summed E-state index contributed by atoms with van der Waals surface area (Å²) in [5, 5.41) is 10.1. The van der Waals surface area contributed by atoms with Crippen molar-refractivity contribution in [3.05, 3.63) is 95.6 Å². The predicted octanol–water partition coefficient (Wildman–Crippen LogP) is 4.87. The monoisotopic (exact) mass is 309 g/mol. The van der Waals surface area contributed by atoms with E-state index in [-0.39, 0.29) is 11.3 Å². The van der Waals surface area contributed by atoms with Gasteiger partial charge in [-0.15, -0.1) is 0 Å². The molecule has 0 radical (unpaired) electrons. The fourth-order valence-corrected chi connectivity index (χ4v) is 5.27. The van der Waals surface area contributed by atoms with E-state index in [4.69, 9.17) is 0 Å². The van der Waals surface area contributed by atoms with E-state index in [0.29, 0.717) is 17.8 Å². The van der Waals surface area contributed by atoms with Crippen molar-refractivity contribution in [1.82, 2.24) is 0 Å². The highest BCUT2D eigenvalue weighted by Crippen LogP contribution is 2.63. The maximum atomic E-state index is 10.1. The van der Waals surface area contributed by atoms with Crippen LogP contribution in [0.4, 0.5) is 0 Å². The van der Waals surface area contributed by atoms with Gasteiger partial charge in [-0.1, -0.05) is 84.5 Å². The van der Waals surface area contributed by atoms with Crippen LogP contribution in [0.2, 0.25) is 0 Å². The van der Waals surface area contributed by atoms with E-state index in [1.54, 1.807) is 0 Å². The third-order valence-electron chi connectivity index (χ3n) is 6.32. The van der Waals surface area contributed by atoms with Gasteiger partial charge in [-0.3, -0.25) is 0 Å². The summed E-state index contributed by atoms with van der Waals surface area (Å²) in [6.45, 7) is 0. The van der Waals surface area contributed by atoms with Crippen LogP contribution in [0.15, 0.2) is 84.5 Å². The zero-order chi connectivity index (χ0) is 16.1. The lowest BCUT2D eigenvalue weighted by Crippen LogP contribution is -2.33. The van der Waals surface area contributed by atoms with Gasteiger partial charge in [-0.05, 0) is 29.4 Å². The maximum Gasteiger partial charge on any atom is 0.0672 e. The van der Waals surface area contributed by atoms with Gasteiger partial charge in [0.05, 0.1) is 17.4 Å². The molecule has 3 aliphatic rings. The highest BCUT2D eigenvalue weighted by molar-refractivity contribution is 5.57. The Kier molecular flexibility index (Phi) is 2.85. The largest absolute Gasteiger partial charge is 0.198 e. The first-order chi connectivity index (χ1) is 11.9. The predicted molar refractivity (Wildman–Crippen MR) is 95.1 cm³/mol. The van der Waals surface area contributed by atoms with Crippen LogP contribution in [0.3, 0.4) is 0 Å². The van der Waals surface area contributed by atoms with Crippen LogP contribution in [-0.2, 0) is 5.41 Å². The van der Waals surface area contributed by atoms with Crippen molar-refractivity contribution >= 4 is 0 Å². The summed E-state index contributed by atoms with van der Waals surface area (Å²) in [7, 11) is 0. The molecule has 0 N–H and O–H groups in total. The van der Waals surface area contributed by atoms with E-state index in [1.807, 2.05) is 0 Å². The molecule has 1 fully saturated rings. The Morgan fingerprint density at radius 3 is 2.00 bits per heavy atom. The quantitative estimate of drug-likeness (QED) is 0.726. The zero-order valence-corrected chi connectivity index (χ0v) is 13.5. The average molecular weight is 309 g/mol. The molecule has 0 spiro atoms. The molecule has 0 unspecified atom stereocenters. The molecule has 4 atom stereocenters. The second-order valence-corrected chi connectivity index (χ2v) is 7.23. The van der Waals surface area contributed by atoms with E-state index in [9.17, 15) is 5.26 Å². The molecule has 0 amide bonds. The number of fused-ring (bicyclic) bond motifs is 3. The SMILES string of the molecule is N#C[C@@H]1C[C@H]2C(=C[C@@H]3C=C[C@@H]32)C1(c1ccccc1)c1ccccc1. The van der Waals surface area contributed by atoms with Crippen LogP contribution < -0.4 is 0 Å². The normalized spacial score (nSPS) is 31.5. The van der Waals surface area contributed by atoms with Gasteiger partial charge in [0.2, 0.25) is 0 Å². The number of allylic oxidation sites excluding steroid dienone is 4. The summed E-state index contributed by atoms with van der Waals surface area (Å²) in [4.78, 5) is 0. The molecule has 5 rings (SSSR count). The molecule has 1 heteroatoms. The summed E-state index contributed by atoms with van der Waals surface area (Å²) >= 11 is 0. The van der Waals surface area contributed by atoms with Crippen LogP contribution >= 0.6 is 0 Å². The third-order valence-corrected chi connectivity index (χ3v) is 6.32. The number of hydrogen-bond acceptors (Lipinski definition) is 1. The first kappa shape index (κ1) is 13.8. The van der Waals surface area contributed by atoms with E-state index < -0.39 is 0 Å². The van der Waals surface area contributed by atoms with Crippen molar-refractivity contribution in [3.63, 3.8) is 0 Å². The first-order valence-electron chi connectivity index (χ1n) is 8.77. The van der Waals surface area contributed by atoms with Crippen molar-refractivity contribution in [1.29, 1.82) is 5.26 Å². The number of nitrogens with zero attached hydrogens (tertiary/aromatic N) is 1. The summed E-state index contributed by atoms with van der Waals surface area (Å²) in [5.41, 5.74) is 3.71. The van der Waals surface area contributed by atoms with Crippen LogP contribution in [0.1, 0.15) is 17.5 Å². The van der Waals surface area contributed by atoms with Gasteiger partial charge in [0, 0.05) is 5.92 Å². The summed E-state index contributed by atoms with van der Waals surface area (Å²) in [5.74, 6) is 1.71. The number of rotatable bonds is 2. The Balaban J connectivity index is 1.80. The van der Waals surface area contributed by atoms with Gasteiger partial charge in [-0.2, -0.15) is 5.26 Å². The molecular weight excluding hydrogens is 290 g/mol. The molecular formula is C23H19N. The number of nitriles is 1. The lowest BCUT2D eigenvalue weighted by atomic mass is 9.65. The molecule has 24 heavy (non-hydrogen) atoms. The van der Waals surface area contributed by atoms with Gasteiger partial charge in [0.1, 0.15) is 0 Å². The van der Waals surface area contributed by atoms with Crippen molar-refractivity contribution in [2.45, 2.75) is 11.8 Å². The van der Waals surface area contributed by atoms with E-state index >= 15 is 0 Å². The van der Waals surface area contributed by atoms with Gasteiger partial charge in [-0.25, -0.2) is 0 Å². The summed E-state index contributed by atoms with van der Waals surface area (Å²) in [6, 6.07) is 24.0. The Morgan fingerprint density at radius 1 is 0.875 bits per heavy atom. The van der Waals surface area contributed by atoms with E-state index in [0.717, 1.165) is 6.42 Å². The average Bonchev–Trinajstić information content (AvgIpc) is 3.06. The zero-order valence-electron chi connectivity index (χ0n) is 13.5. The smallest absolute Gasteiger partial charge is 0.0672 e. The lowest BCUT2D eigenvalue weighted by Gasteiger charge is -2.35. The van der Waals surface area contributed by atoms with Crippen molar-refractivity contribution < 1.29 is 0 Å². The first-order valence-corrected chi connectivity index (χ1v) is 8.77. The number of benzene rings is 2. The van der Waals surface area contributed by atoms with Gasteiger partial charge in [0.15, 0.2) is 0 Å². The van der Waals surface area contributed by atoms with Crippen molar-refractivity contribution in [2.75, 3.05) is 0 Å². The molecule has 0 heterocycles. The highest BCUT2D eigenvalue weighted by Gasteiger charge is 2.58. The number of hydrogen-bond donors (Lipinski definition) is 0. The molecule has 0 saturated heterocycles. The van der Waals surface area contributed by atoms with Gasteiger partial charge < -0.3 is 0 Å². The minimum absolute atomic E-state index is 0.00602. The van der Waals surface area contributed by atoms with Gasteiger partial charge in [0.25, 0.3) is 0 Å². The third kappa shape index (κ3) is 1.59. The topological polar surface area (TPSA) is 23.8 Å². The van der Waals surface area contributed by atoms with E-state index in [1.165, 1.54) is 16.7 Å². The minimum Gasteiger partial charge on any atom is -0.198 e. The Labute approximate surface area is 142 Å². The van der Waals surface area contributed by atoms with E-state index in [2.05, 4.69) is 85.0 Å². The fourth-order valence-electron chi connectivity index (χ4n) is 5.27. The molecule has 116 valence electrons. The van der Waals surface area contributed by atoms with Crippen LogP contribution in [0, 0.1) is 35.0 Å². The molecule has 3 aliphatic carbocycles. The molecule has 0 aliphatic heterocycles. The standard InChI is InChI=1S/C23H19N/c24-15-19-14-21-20-12-11-16(20)13-22(21)23(19,17-7-3-1-4-8-17)18-9-5-2-6-10-18/h1-13,16,19-21H,14H2/t16-,19-,20-,21+/m0/s1. The molecule has 2 aromatic rings. The van der Waals surface area contributed by atoms with Crippen LogP contribution in [-0.4, -0.2) is 0 Å². The highest BCUT2D eigenvalue weighted by atomic mass is 14.6. The minimum atomic E-state index is -0.291. The fraction of sp³-hybridized carbons (Fsp3) is 0.261. The maximum absolute atomic E-state index is 10.1. The molecule has 2 aromatic carbocycles. The van der Waals surface area contributed by atoms with Crippen LogP contribution in [0.25, 0.3) is 0 Å². The van der Waals surface area contributed by atoms with Gasteiger partial charge >= 0.3 is 0 Å². The lowest BCUT2D eigenvalue weighted by molar-refractivity contribution is 0.388. The molecule has 0 bridgehead atoms. The molecule has 0 aromatic heterocycles.